The van der Waals surface area contributed by atoms with E-state index in [0.717, 1.165) is 11.7 Å². The molecule has 0 radical (unpaired) electrons. The molecule has 0 amide bonds. The number of halogens is 3. The van der Waals surface area contributed by atoms with Gasteiger partial charge in [-0.15, -0.1) is 0 Å². The predicted octanol–water partition coefficient (Wildman–Crippen LogP) is 4.96. The zero-order valence-corrected chi connectivity index (χ0v) is 14.6. The van der Waals surface area contributed by atoms with Crippen molar-refractivity contribution in [1.82, 2.24) is 4.57 Å². The van der Waals surface area contributed by atoms with Crippen molar-refractivity contribution >= 4 is 5.97 Å². The van der Waals surface area contributed by atoms with E-state index in [4.69, 9.17) is 4.74 Å². The highest BCUT2D eigenvalue weighted by molar-refractivity contribution is 5.99. The summed E-state index contributed by atoms with van der Waals surface area (Å²) < 4.78 is 52.4. The molecule has 0 unspecified atom stereocenters. The SMILES string of the molecule is COC(=O)c1c(-c2ccccc2)cn(-c2ccc(OC)cc2)c1C(F)(F)F. The number of rotatable bonds is 4. The van der Waals surface area contributed by atoms with Crippen molar-refractivity contribution in [3.8, 4) is 22.6 Å². The van der Waals surface area contributed by atoms with Crippen LogP contribution in [0.5, 0.6) is 5.75 Å². The number of hydrogen-bond acceptors (Lipinski definition) is 3. The summed E-state index contributed by atoms with van der Waals surface area (Å²) in [6, 6.07) is 14.5. The van der Waals surface area contributed by atoms with Gasteiger partial charge >= 0.3 is 12.1 Å². The fourth-order valence-electron chi connectivity index (χ4n) is 2.88. The Morgan fingerprint density at radius 3 is 2.11 bits per heavy atom. The van der Waals surface area contributed by atoms with E-state index < -0.39 is 23.4 Å². The van der Waals surface area contributed by atoms with E-state index in [2.05, 4.69) is 4.74 Å². The van der Waals surface area contributed by atoms with Crippen molar-refractivity contribution in [1.29, 1.82) is 0 Å². The fourth-order valence-corrected chi connectivity index (χ4v) is 2.88. The van der Waals surface area contributed by atoms with Crippen molar-refractivity contribution in [2.75, 3.05) is 14.2 Å². The number of hydrogen-bond donors (Lipinski definition) is 0. The minimum atomic E-state index is -4.77. The summed E-state index contributed by atoms with van der Waals surface area (Å²) in [6.07, 6.45) is -3.47. The van der Waals surface area contributed by atoms with Crippen LogP contribution in [-0.4, -0.2) is 24.8 Å². The molecule has 140 valence electrons. The highest BCUT2D eigenvalue weighted by atomic mass is 19.4. The maximum Gasteiger partial charge on any atom is 0.432 e. The van der Waals surface area contributed by atoms with Crippen molar-refractivity contribution in [3.63, 3.8) is 0 Å². The second-order valence-corrected chi connectivity index (χ2v) is 5.69. The summed E-state index contributed by atoms with van der Waals surface area (Å²) in [4.78, 5) is 12.3. The van der Waals surface area contributed by atoms with Crippen LogP contribution in [0, 0.1) is 0 Å². The zero-order valence-electron chi connectivity index (χ0n) is 14.6. The first-order valence-corrected chi connectivity index (χ1v) is 7.97. The van der Waals surface area contributed by atoms with Gasteiger partial charge in [0, 0.05) is 17.4 Å². The molecule has 3 rings (SSSR count). The van der Waals surface area contributed by atoms with E-state index in [1.54, 1.807) is 42.5 Å². The monoisotopic (exact) mass is 375 g/mol. The maximum absolute atomic E-state index is 13.9. The topological polar surface area (TPSA) is 40.5 Å². The standard InChI is InChI=1S/C20H16F3NO3/c1-26-15-10-8-14(9-11-15)24-12-16(13-6-4-3-5-7-13)17(19(25)27-2)18(24)20(21,22)23/h3-12H,1-2H3. The first-order valence-electron chi connectivity index (χ1n) is 7.97. The van der Waals surface area contributed by atoms with Gasteiger partial charge in [-0.25, -0.2) is 4.79 Å². The molecule has 0 bridgehead atoms. The van der Waals surface area contributed by atoms with Crippen molar-refractivity contribution in [3.05, 3.63) is 72.1 Å². The average Bonchev–Trinajstić information content (AvgIpc) is 3.09. The third-order valence-corrected chi connectivity index (χ3v) is 4.10. The Hall–Kier alpha value is -3.22. The lowest BCUT2D eigenvalue weighted by Crippen LogP contribution is -2.17. The molecule has 0 aliphatic carbocycles. The molecule has 0 spiro atoms. The third-order valence-electron chi connectivity index (χ3n) is 4.10. The molecule has 0 fully saturated rings. The van der Waals surface area contributed by atoms with Crippen LogP contribution in [0.15, 0.2) is 60.8 Å². The van der Waals surface area contributed by atoms with Crippen LogP contribution in [0.2, 0.25) is 0 Å². The molecule has 7 heteroatoms. The summed E-state index contributed by atoms with van der Waals surface area (Å²) in [5.41, 5.74) is -0.734. The van der Waals surface area contributed by atoms with E-state index in [9.17, 15) is 18.0 Å². The van der Waals surface area contributed by atoms with Gasteiger partial charge in [-0.2, -0.15) is 13.2 Å². The van der Waals surface area contributed by atoms with Gasteiger partial charge in [0.15, 0.2) is 0 Å². The molecule has 2 aromatic carbocycles. The minimum absolute atomic E-state index is 0.144. The number of benzene rings is 2. The highest BCUT2D eigenvalue weighted by Gasteiger charge is 2.42. The Bertz CT molecular complexity index is 945. The largest absolute Gasteiger partial charge is 0.497 e. The Balaban J connectivity index is 2.32. The van der Waals surface area contributed by atoms with Crippen LogP contribution < -0.4 is 4.74 Å². The number of carbonyl (C=O) groups excluding carboxylic acids is 1. The molecule has 27 heavy (non-hydrogen) atoms. The molecule has 4 nitrogen and oxygen atoms in total. The van der Waals surface area contributed by atoms with E-state index in [1.165, 1.54) is 25.4 Å². The van der Waals surface area contributed by atoms with Gasteiger partial charge in [-0.05, 0) is 29.8 Å². The van der Waals surface area contributed by atoms with Crippen molar-refractivity contribution < 1.29 is 27.4 Å². The molecule has 1 heterocycles. The molecular weight excluding hydrogens is 359 g/mol. The third kappa shape index (κ3) is 3.53. The molecule has 0 saturated heterocycles. The van der Waals surface area contributed by atoms with E-state index in [1.807, 2.05) is 0 Å². The summed E-state index contributed by atoms with van der Waals surface area (Å²) >= 11 is 0. The zero-order chi connectivity index (χ0) is 19.6. The Morgan fingerprint density at radius 2 is 1.59 bits per heavy atom. The number of methoxy groups -OCH3 is 2. The van der Waals surface area contributed by atoms with Crippen LogP contribution in [0.3, 0.4) is 0 Å². The van der Waals surface area contributed by atoms with E-state index in [-0.39, 0.29) is 11.3 Å². The van der Waals surface area contributed by atoms with Gasteiger partial charge in [-0.1, -0.05) is 30.3 Å². The highest BCUT2D eigenvalue weighted by Crippen LogP contribution is 2.40. The summed E-state index contributed by atoms with van der Waals surface area (Å²) in [5.74, 6) is -0.538. The number of esters is 1. The smallest absolute Gasteiger partial charge is 0.432 e. The maximum atomic E-state index is 13.9. The molecule has 0 N–H and O–H groups in total. The molecule has 0 atom stereocenters. The first kappa shape index (κ1) is 18.6. The molecule has 0 aliphatic rings. The van der Waals surface area contributed by atoms with Gasteiger partial charge in [0.05, 0.1) is 19.8 Å². The minimum Gasteiger partial charge on any atom is -0.497 e. The Kier molecular flexibility index (Phi) is 4.94. The lowest BCUT2D eigenvalue weighted by molar-refractivity contribution is -0.142. The van der Waals surface area contributed by atoms with Crippen molar-refractivity contribution in [2.45, 2.75) is 6.18 Å². The number of carbonyl (C=O) groups is 1. The number of aromatic nitrogens is 1. The van der Waals surface area contributed by atoms with Gasteiger partial charge < -0.3 is 14.0 Å². The Morgan fingerprint density at radius 1 is 0.963 bits per heavy atom. The molecule has 0 saturated carbocycles. The summed E-state index contributed by atoms with van der Waals surface area (Å²) in [7, 11) is 2.52. The van der Waals surface area contributed by atoms with Gasteiger partial charge in [0.25, 0.3) is 0 Å². The van der Waals surface area contributed by atoms with Gasteiger partial charge in [0.2, 0.25) is 0 Å². The van der Waals surface area contributed by atoms with E-state index >= 15 is 0 Å². The van der Waals surface area contributed by atoms with Crippen molar-refractivity contribution in [2.24, 2.45) is 0 Å². The fraction of sp³-hybridized carbons (Fsp3) is 0.150. The number of ether oxygens (including phenoxy) is 2. The molecule has 1 aromatic heterocycles. The second kappa shape index (κ2) is 7.19. The quantitative estimate of drug-likeness (QED) is 0.606. The van der Waals surface area contributed by atoms with Gasteiger partial charge in [-0.3, -0.25) is 0 Å². The first-order chi connectivity index (χ1) is 12.9. The lowest BCUT2D eigenvalue weighted by atomic mass is 10.0. The van der Waals surface area contributed by atoms with Gasteiger partial charge in [0.1, 0.15) is 11.4 Å². The normalized spacial score (nSPS) is 11.3. The average molecular weight is 375 g/mol. The number of alkyl halides is 3. The number of nitrogens with zero attached hydrogens (tertiary/aromatic N) is 1. The van der Waals surface area contributed by atoms with Crippen LogP contribution in [0.25, 0.3) is 16.8 Å². The summed E-state index contributed by atoms with van der Waals surface area (Å²) in [6.45, 7) is 0. The molecule has 3 aromatic rings. The molecular formula is C20H16F3NO3. The summed E-state index contributed by atoms with van der Waals surface area (Å²) in [5, 5.41) is 0. The second-order valence-electron chi connectivity index (χ2n) is 5.69. The van der Waals surface area contributed by atoms with Crippen LogP contribution in [-0.2, 0) is 10.9 Å². The molecule has 0 aliphatic heterocycles. The predicted molar refractivity (Wildman–Crippen MR) is 94.1 cm³/mol. The van der Waals surface area contributed by atoms with Crippen LogP contribution >= 0.6 is 0 Å². The van der Waals surface area contributed by atoms with E-state index in [0.29, 0.717) is 11.3 Å². The van der Waals surface area contributed by atoms with Crippen LogP contribution in [0.4, 0.5) is 13.2 Å². The Labute approximate surface area is 153 Å². The van der Waals surface area contributed by atoms with Crippen LogP contribution in [0.1, 0.15) is 16.1 Å². The lowest BCUT2D eigenvalue weighted by Gasteiger charge is -2.14.